The molecule has 2 heterocycles. The molecule has 0 unspecified atom stereocenters. The normalized spacial score (nSPS) is 10.7. The molecule has 2 aromatic heterocycles. The van der Waals surface area contributed by atoms with Crippen LogP contribution in [0.4, 0.5) is 10.7 Å². The number of carbonyl (C=O) groups is 1. The molecule has 0 fully saturated rings. The van der Waals surface area contributed by atoms with Gasteiger partial charge >= 0.3 is 11.7 Å². The van der Waals surface area contributed by atoms with E-state index in [0.717, 1.165) is 4.57 Å². The van der Waals surface area contributed by atoms with Crippen LogP contribution < -0.4 is 27.8 Å². The van der Waals surface area contributed by atoms with Crippen LogP contribution in [0.5, 0.6) is 0 Å². The van der Waals surface area contributed by atoms with Crippen molar-refractivity contribution in [1.29, 1.82) is 0 Å². The summed E-state index contributed by atoms with van der Waals surface area (Å²) in [5, 5.41) is 0. The van der Waals surface area contributed by atoms with Crippen LogP contribution in [0.1, 0.15) is 0 Å². The van der Waals surface area contributed by atoms with E-state index in [9.17, 15) is 14.4 Å². The lowest BCUT2D eigenvalue weighted by Gasteiger charge is -2.05. The Morgan fingerprint density at radius 1 is 1.16 bits per heavy atom. The van der Waals surface area contributed by atoms with Crippen LogP contribution in [0.2, 0.25) is 0 Å². The highest BCUT2D eigenvalue weighted by atomic mass is 16.2. The number of nitrogens with two attached hydrogens (primary N) is 1. The van der Waals surface area contributed by atoms with Crippen LogP contribution in [0.15, 0.2) is 9.59 Å². The van der Waals surface area contributed by atoms with E-state index in [1.807, 2.05) is 0 Å². The van der Waals surface area contributed by atoms with E-state index in [4.69, 9.17) is 5.73 Å². The maximum atomic E-state index is 12.0. The first-order chi connectivity index (χ1) is 8.84. The second-order valence-electron chi connectivity index (χ2n) is 3.99. The summed E-state index contributed by atoms with van der Waals surface area (Å²) in [5.74, 6) is 0.187. The van der Waals surface area contributed by atoms with E-state index in [2.05, 4.69) is 15.8 Å². The molecule has 4 N–H and O–H groups in total. The van der Waals surface area contributed by atoms with Crippen molar-refractivity contribution >= 4 is 23.1 Å². The summed E-state index contributed by atoms with van der Waals surface area (Å²) >= 11 is 0. The third-order valence-electron chi connectivity index (χ3n) is 2.77. The smallest absolute Gasteiger partial charge is 0.332 e. The fourth-order valence-corrected chi connectivity index (χ4v) is 1.75. The molecule has 0 atom stereocenters. The molecule has 0 bridgehead atoms. The Kier molecular flexibility index (Phi) is 2.77. The summed E-state index contributed by atoms with van der Waals surface area (Å²) in [6.07, 6.45) is 0. The zero-order chi connectivity index (χ0) is 14.3. The number of fused-ring (bicyclic) bond motifs is 1. The summed E-state index contributed by atoms with van der Waals surface area (Å²) in [7, 11) is 4.46. The number of hydrogen-bond donors (Lipinski definition) is 3. The van der Waals surface area contributed by atoms with Gasteiger partial charge < -0.3 is 10.3 Å². The Balaban J connectivity index is 2.74. The summed E-state index contributed by atoms with van der Waals surface area (Å²) in [5.41, 5.74) is 9.02. The van der Waals surface area contributed by atoms with Gasteiger partial charge in [0.1, 0.15) is 0 Å². The van der Waals surface area contributed by atoms with Gasteiger partial charge in [0, 0.05) is 21.1 Å². The predicted octanol–water partition coefficient (Wildman–Crippen LogP) is -2.03. The maximum Gasteiger partial charge on any atom is 0.332 e. The minimum atomic E-state index is -0.797. The maximum absolute atomic E-state index is 12.0. The lowest BCUT2D eigenvalue weighted by Crippen LogP contribution is -2.37. The molecule has 102 valence electrons. The summed E-state index contributed by atoms with van der Waals surface area (Å²) in [6, 6.07) is -0.797. The predicted molar refractivity (Wildman–Crippen MR) is 67.5 cm³/mol. The largest absolute Gasteiger partial charge is 0.350 e. The van der Waals surface area contributed by atoms with Gasteiger partial charge in [0.05, 0.1) is 0 Å². The fraction of sp³-hybridized carbons (Fsp3) is 0.333. The van der Waals surface area contributed by atoms with Crippen molar-refractivity contribution in [2.24, 2.45) is 26.9 Å². The summed E-state index contributed by atoms with van der Waals surface area (Å²) < 4.78 is 3.65. The first kappa shape index (κ1) is 12.7. The Hall–Kier alpha value is -2.78. The van der Waals surface area contributed by atoms with Gasteiger partial charge in [-0.15, -0.1) is 0 Å². The molecule has 2 rings (SSSR count). The van der Waals surface area contributed by atoms with Crippen LogP contribution in [-0.2, 0) is 21.1 Å². The number of aromatic nitrogens is 4. The Morgan fingerprint density at radius 2 is 1.79 bits per heavy atom. The number of hydrogen-bond acceptors (Lipinski definition) is 5. The Morgan fingerprint density at radius 3 is 2.37 bits per heavy atom. The van der Waals surface area contributed by atoms with Crippen molar-refractivity contribution in [2.45, 2.75) is 0 Å². The number of nitrogens with one attached hydrogen (secondary N) is 2. The average Bonchev–Trinajstić information content (AvgIpc) is 2.69. The summed E-state index contributed by atoms with van der Waals surface area (Å²) in [4.78, 5) is 38.5. The standard InChI is InChI=1S/C9H13N7O3/c1-14-4-5(11-8(14)13-12-7(10)18)15(2)9(19)16(3)6(4)17/h1-3H3,(H,11,13)(H3,10,12,18). The molecule has 0 aliphatic rings. The van der Waals surface area contributed by atoms with E-state index in [-0.39, 0.29) is 17.1 Å². The van der Waals surface area contributed by atoms with Gasteiger partial charge in [-0.05, 0) is 0 Å². The topological polar surface area (TPSA) is 129 Å². The van der Waals surface area contributed by atoms with Crippen LogP contribution in [0.3, 0.4) is 0 Å². The molecule has 0 aliphatic carbocycles. The second-order valence-corrected chi connectivity index (χ2v) is 3.99. The molecule has 0 saturated heterocycles. The number of hydrazine groups is 1. The molecule has 2 aromatic rings. The molecule has 0 radical (unpaired) electrons. The van der Waals surface area contributed by atoms with E-state index >= 15 is 0 Å². The number of rotatable bonds is 2. The SMILES string of the molecule is Cn1c(=O)c2c(nc(NNC(N)=O)n2C)n(C)c1=O. The number of aryl methyl sites for hydroxylation is 2. The minimum absolute atomic E-state index is 0.187. The lowest BCUT2D eigenvalue weighted by molar-refractivity contribution is 0.250. The van der Waals surface area contributed by atoms with Gasteiger partial charge in [-0.25, -0.2) is 15.0 Å². The molecule has 10 heteroatoms. The highest BCUT2D eigenvalue weighted by molar-refractivity contribution is 5.76. The fourth-order valence-electron chi connectivity index (χ4n) is 1.75. The summed E-state index contributed by atoms with van der Waals surface area (Å²) in [6.45, 7) is 0. The molecular formula is C9H13N7O3. The first-order valence-electron chi connectivity index (χ1n) is 5.28. The van der Waals surface area contributed by atoms with Gasteiger partial charge in [0.15, 0.2) is 11.2 Å². The Labute approximate surface area is 106 Å². The van der Waals surface area contributed by atoms with Crippen molar-refractivity contribution < 1.29 is 4.79 Å². The van der Waals surface area contributed by atoms with E-state index in [0.29, 0.717) is 0 Å². The van der Waals surface area contributed by atoms with Crippen molar-refractivity contribution in [1.82, 2.24) is 24.1 Å². The third kappa shape index (κ3) is 1.82. The molecule has 0 spiro atoms. The zero-order valence-corrected chi connectivity index (χ0v) is 10.6. The van der Waals surface area contributed by atoms with Crippen molar-refractivity contribution in [2.75, 3.05) is 5.43 Å². The van der Waals surface area contributed by atoms with Crippen molar-refractivity contribution in [3.63, 3.8) is 0 Å². The monoisotopic (exact) mass is 267 g/mol. The number of primary amides is 1. The van der Waals surface area contributed by atoms with E-state index in [1.54, 1.807) is 7.05 Å². The number of imidazole rings is 1. The van der Waals surface area contributed by atoms with Gasteiger partial charge in [0.2, 0.25) is 5.95 Å². The molecule has 2 amide bonds. The molecular weight excluding hydrogens is 254 g/mol. The molecule has 10 nitrogen and oxygen atoms in total. The van der Waals surface area contributed by atoms with Gasteiger partial charge in [0.25, 0.3) is 5.56 Å². The molecule has 0 saturated carbocycles. The molecule has 0 aliphatic heterocycles. The number of anilines is 1. The highest BCUT2D eigenvalue weighted by Gasteiger charge is 2.16. The van der Waals surface area contributed by atoms with Crippen LogP contribution >= 0.6 is 0 Å². The van der Waals surface area contributed by atoms with Crippen molar-refractivity contribution in [3.8, 4) is 0 Å². The van der Waals surface area contributed by atoms with Gasteiger partial charge in [-0.3, -0.25) is 19.4 Å². The number of urea groups is 1. The zero-order valence-electron chi connectivity index (χ0n) is 10.6. The quantitative estimate of drug-likeness (QED) is 0.540. The third-order valence-corrected chi connectivity index (χ3v) is 2.77. The Bertz CT molecular complexity index is 782. The van der Waals surface area contributed by atoms with Crippen molar-refractivity contribution in [3.05, 3.63) is 20.8 Å². The average molecular weight is 267 g/mol. The van der Waals surface area contributed by atoms with E-state index < -0.39 is 17.3 Å². The second kappa shape index (κ2) is 4.15. The van der Waals surface area contributed by atoms with Crippen LogP contribution in [0.25, 0.3) is 11.2 Å². The van der Waals surface area contributed by atoms with E-state index in [1.165, 1.54) is 23.2 Å². The highest BCUT2D eigenvalue weighted by Crippen LogP contribution is 2.11. The first-order valence-corrected chi connectivity index (χ1v) is 5.28. The molecule has 19 heavy (non-hydrogen) atoms. The number of nitrogens with zero attached hydrogens (tertiary/aromatic N) is 4. The van der Waals surface area contributed by atoms with Gasteiger partial charge in [-0.2, -0.15) is 4.98 Å². The van der Waals surface area contributed by atoms with Gasteiger partial charge in [-0.1, -0.05) is 0 Å². The minimum Gasteiger partial charge on any atom is -0.350 e. The lowest BCUT2D eigenvalue weighted by atomic mass is 10.5. The van der Waals surface area contributed by atoms with Crippen LogP contribution in [0, 0.1) is 0 Å². The number of carbonyl (C=O) groups excluding carboxylic acids is 1. The number of amides is 2. The molecule has 0 aromatic carbocycles. The van der Waals surface area contributed by atoms with Crippen LogP contribution in [-0.4, -0.2) is 24.7 Å².